The van der Waals surface area contributed by atoms with E-state index in [9.17, 15) is 14.9 Å². The van der Waals surface area contributed by atoms with E-state index >= 15 is 0 Å². The second-order valence-electron chi connectivity index (χ2n) is 5.10. The van der Waals surface area contributed by atoms with Gasteiger partial charge in [0, 0.05) is 30.4 Å². The molecule has 0 spiro atoms. The Morgan fingerprint density at radius 1 is 1.43 bits per heavy atom. The molecule has 1 aromatic carbocycles. The van der Waals surface area contributed by atoms with Gasteiger partial charge >= 0.3 is 6.03 Å². The highest BCUT2D eigenvalue weighted by Crippen LogP contribution is 2.22. The summed E-state index contributed by atoms with van der Waals surface area (Å²) >= 11 is 0. The number of nitrogens with zero attached hydrogens (tertiary/aromatic N) is 2. The molecule has 21 heavy (non-hydrogen) atoms. The molecule has 1 aliphatic rings. The number of nitro groups is 1. The van der Waals surface area contributed by atoms with Gasteiger partial charge in [-0.25, -0.2) is 4.79 Å². The minimum Gasteiger partial charge on any atom is -0.321 e. The van der Waals surface area contributed by atoms with E-state index in [0.29, 0.717) is 5.69 Å². The van der Waals surface area contributed by atoms with Gasteiger partial charge in [0.05, 0.1) is 4.92 Å². The number of urea groups is 1. The summed E-state index contributed by atoms with van der Waals surface area (Å²) in [4.78, 5) is 24.3. The Bertz CT molecular complexity index is 527. The molecule has 2 rings (SSSR count). The first kappa shape index (κ1) is 15.0. The Hall–Kier alpha value is -2.37. The van der Waals surface area contributed by atoms with Gasteiger partial charge in [-0.1, -0.05) is 6.08 Å². The predicted octanol–water partition coefficient (Wildman–Crippen LogP) is 3.56. The van der Waals surface area contributed by atoms with Gasteiger partial charge in [0.25, 0.3) is 5.69 Å². The van der Waals surface area contributed by atoms with Crippen LogP contribution in [0.4, 0.5) is 16.2 Å². The number of non-ortho nitro benzene ring substituents is 1. The van der Waals surface area contributed by atoms with Gasteiger partial charge in [-0.15, -0.1) is 6.58 Å². The van der Waals surface area contributed by atoms with E-state index in [1.807, 2.05) is 11.0 Å². The first-order valence-electron chi connectivity index (χ1n) is 7.05. The van der Waals surface area contributed by atoms with Crippen molar-refractivity contribution in [1.82, 2.24) is 4.90 Å². The third-order valence-corrected chi connectivity index (χ3v) is 3.66. The first-order chi connectivity index (χ1) is 10.1. The van der Waals surface area contributed by atoms with Crippen molar-refractivity contribution < 1.29 is 9.72 Å². The molecule has 1 atom stereocenters. The molecular weight excluding hydrogens is 270 g/mol. The normalized spacial score (nSPS) is 18.1. The lowest BCUT2D eigenvalue weighted by Crippen LogP contribution is -2.45. The van der Waals surface area contributed by atoms with Crippen LogP contribution >= 0.6 is 0 Å². The van der Waals surface area contributed by atoms with Crippen LogP contribution in [0.15, 0.2) is 36.9 Å². The molecule has 1 fully saturated rings. The number of rotatable bonds is 4. The molecule has 0 aromatic heterocycles. The molecule has 0 bridgehead atoms. The summed E-state index contributed by atoms with van der Waals surface area (Å²) in [5, 5.41) is 13.4. The number of amides is 2. The van der Waals surface area contributed by atoms with E-state index in [4.69, 9.17) is 0 Å². The Labute approximate surface area is 123 Å². The number of hydrogen-bond acceptors (Lipinski definition) is 3. The molecule has 2 amide bonds. The van der Waals surface area contributed by atoms with Crippen LogP contribution < -0.4 is 5.32 Å². The number of anilines is 1. The van der Waals surface area contributed by atoms with Crippen LogP contribution in [0.25, 0.3) is 0 Å². The van der Waals surface area contributed by atoms with E-state index in [-0.39, 0.29) is 17.8 Å². The van der Waals surface area contributed by atoms with E-state index < -0.39 is 4.92 Å². The molecule has 0 aliphatic carbocycles. The molecule has 6 nitrogen and oxygen atoms in total. The molecule has 0 radical (unpaired) electrons. The largest absolute Gasteiger partial charge is 0.322 e. The summed E-state index contributed by atoms with van der Waals surface area (Å²) in [5.74, 6) is 0. The summed E-state index contributed by atoms with van der Waals surface area (Å²) in [7, 11) is 0. The SMILES string of the molecule is C=CC[C@@H]1CCCCN1C(=O)Nc1ccc([N+](=O)[O-])cc1. The summed E-state index contributed by atoms with van der Waals surface area (Å²) in [5.41, 5.74) is 0.573. The van der Waals surface area contributed by atoms with Crippen LogP contribution in [0.2, 0.25) is 0 Å². The molecule has 1 aliphatic heterocycles. The predicted molar refractivity (Wildman–Crippen MR) is 81.3 cm³/mol. The van der Waals surface area contributed by atoms with E-state index in [1.165, 1.54) is 12.1 Å². The topological polar surface area (TPSA) is 75.5 Å². The van der Waals surface area contributed by atoms with Crippen LogP contribution in [0.3, 0.4) is 0 Å². The average Bonchev–Trinajstić information content (AvgIpc) is 2.48. The zero-order valence-corrected chi connectivity index (χ0v) is 11.8. The highest BCUT2D eigenvalue weighted by molar-refractivity contribution is 5.89. The zero-order valence-electron chi connectivity index (χ0n) is 11.8. The van der Waals surface area contributed by atoms with Crippen molar-refractivity contribution in [3.8, 4) is 0 Å². The second-order valence-corrected chi connectivity index (χ2v) is 5.10. The Morgan fingerprint density at radius 3 is 2.76 bits per heavy atom. The number of piperidine rings is 1. The van der Waals surface area contributed by atoms with Crippen LogP contribution in [-0.4, -0.2) is 28.4 Å². The molecule has 0 unspecified atom stereocenters. The van der Waals surface area contributed by atoms with Crippen molar-refractivity contribution in [3.05, 3.63) is 47.0 Å². The van der Waals surface area contributed by atoms with Crippen molar-refractivity contribution in [2.45, 2.75) is 31.7 Å². The van der Waals surface area contributed by atoms with Gasteiger partial charge < -0.3 is 10.2 Å². The fourth-order valence-corrected chi connectivity index (χ4v) is 2.57. The number of carbonyl (C=O) groups excluding carboxylic acids is 1. The molecule has 6 heteroatoms. The fraction of sp³-hybridized carbons (Fsp3) is 0.400. The summed E-state index contributed by atoms with van der Waals surface area (Å²) in [6, 6.07) is 5.88. The van der Waals surface area contributed by atoms with E-state index in [2.05, 4.69) is 11.9 Å². The standard InChI is InChI=1S/C15H19N3O3/c1-2-5-13-6-3-4-11-17(13)15(19)16-12-7-9-14(10-8-12)18(20)21/h2,7-10,13H,1,3-6,11H2,(H,16,19)/t13-/m1/s1. The number of nitrogens with one attached hydrogen (secondary N) is 1. The number of benzene rings is 1. The lowest BCUT2D eigenvalue weighted by atomic mass is 10.00. The van der Waals surface area contributed by atoms with Gasteiger partial charge in [-0.05, 0) is 37.8 Å². The maximum atomic E-state index is 12.3. The van der Waals surface area contributed by atoms with Gasteiger partial charge in [-0.3, -0.25) is 10.1 Å². The molecule has 0 saturated carbocycles. The lowest BCUT2D eigenvalue weighted by molar-refractivity contribution is -0.384. The second kappa shape index (κ2) is 6.88. The van der Waals surface area contributed by atoms with Crippen molar-refractivity contribution in [3.63, 3.8) is 0 Å². The zero-order chi connectivity index (χ0) is 15.2. The summed E-state index contributed by atoms with van der Waals surface area (Å²) in [6.07, 6.45) is 5.73. The van der Waals surface area contributed by atoms with Gasteiger partial charge in [0.1, 0.15) is 0 Å². The smallest absolute Gasteiger partial charge is 0.321 e. The highest BCUT2D eigenvalue weighted by Gasteiger charge is 2.25. The highest BCUT2D eigenvalue weighted by atomic mass is 16.6. The molecular formula is C15H19N3O3. The van der Waals surface area contributed by atoms with Gasteiger partial charge in [0.15, 0.2) is 0 Å². The van der Waals surface area contributed by atoms with Gasteiger partial charge in [0.2, 0.25) is 0 Å². The molecule has 1 saturated heterocycles. The Kier molecular flexibility index (Phi) is 4.92. The van der Waals surface area contributed by atoms with Crippen molar-refractivity contribution >= 4 is 17.4 Å². The summed E-state index contributed by atoms with van der Waals surface area (Å²) in [6.45, 7) is 4.47. The fourth-order valence-electron chi connectivity index (χ4n) is 2.57. The molecule has 1 heterocycles. The number of nitro benzene ring substituents is 1. The Balaban J connectivity index is 2.02. The number of likely N-dealkylation sites (tertiary alicyclic amines) is 1. The molecule has 1 aromatic rings. The number of carbonyl (C=O) groups is 1. The van der Waals surface area contributed by atoms with Crippen molar-refractivity contribution in [1.29, 1.82) is 0 Å². The van der Waals surface area contributed by atoms with Gasteiger partial charge in [-0.2, -0.15) is 0 Å². The van der Waals surface area contributed by atoms with Crippen LogP contribution in [0, 0.1) is 10.1 Å². The maximum Gasteiger partial charge on any atom is 0.322 e. The third kappa shape index (κ3) is 3.81. The molecule has 1 N–H and O–H groups in total. The van der Waals surface area contributed by atoms with Crippen molar-refractivity contribution in [2.75, 3.05) is 11.9 Å². The third-order valence-electron chi connectivity index (χ3n) is 3.66. The van der Waals surface area contributed by atoms with E-state index in [0.717, 1.165) is 32.2 Å². The average molecular weight is 289 g/mol. The maximum absolute atomic E-state index is 12.3. The lowest BCUT2D eigenvalue weighted by Gasteiger charge is -2.35. The van der Waals surface area contributed by atoms with Crippen LogP contribution in [0.1, 0.15) is 25.7 Å². The number of hydrogen-bond donors (Lipinski definition) is 1. The first-order valence-corrected chi connectivity index (χ1v) is 7.05. The monoisotopic (exact) mass is 289 g/mol. The van der Waals surface area contributed by atoms with Crippen molar-refractivity contribution in [2.24, 2.45) is 0 Å². The van der Waals surface area contributed by atoms with E-state index in [1.54, 1.807) is 12.1 Å². The summed E-state index contributed by atoms with van der Waals surface area (Å²) < 4.78 is 0. The molecule has 112 valence electrons. The Morgan fingerprint density at radius 2 is 2.14 bits per heavy atom. The minimum atomic E-state index is -0.462. The van der Waals surface area contributed by atoms with Crippen LogP contribution in [0.5, 0.6) is 0 Å². The minimum absolute atomic E-state index is 0.00973. The van der Waals surface area contributed by atoms with Crippen LogP contribution in [-0.2, 0) is 0 Å². The quantitative estimate of drug-likeness (QED) is 0.523.